The van der Waals surface area contributed by atoms with Crippen LogP contribution < -0.4 is 0 Å². The zero-order valence-corrected chi connectivity index (χ0v) is 18.8. The zero-order valence-electron chi connectivity index (χ0n) is 18.8. The number of hydrogen-bond acceptors (Lipinski definition) is 5. The third-order valence-electron chi connectivity index (χ3n) is 5.49. The van der Waals surface area contributed by atoms with Gasteiger partial charge in [0, 0.05) is 17.2 Å². The molecule has 0 aromatic heterocycles. The van der Waals surface area contributed by atoms with Crippen molar-refractivity contribution in [1.29, 1.82) is 0 Å². The van der Waals surface area contributed by atoms with E-state index < -0.39 is 23.1 Å². The van der Waals surface area contributed by atoms with Crippen LogP contribution in [0.1, 0.15) is 66.2 Å². The summed E-state index contributed by atoms with van der Waals surface area (Å²) in [5.41, 5.74) is -0.174. The normalized spacial score (nSPS) is 13.7. The number of hydrogen-bond donors (Lipinski definition) is 0. The Morgan fingerprint density at radius 3 is 1.88 bits per heavy atom. The summed E-state index contributed by atoms with van der Waals surface area (Å²) in [7, 11) is 0. The Bertz CT molecular complexity index is 1080. The van der Waals surface area contributed by atoms with E-state index >= 15 is 0 Å². The van der Waals surface area contributed by atoms with Gasteiger partial charge in [-0.1, -0.05) is 99.7 Å². The molecule has 0 spiro atoms. The molecule has 0 fully saturated rings. The van der Waals surface area contributed by atoms with Crippen LogP contribution in [0.3, 0.4) is 0 Å². The van der Waals surface area contributed by atoms with E-state index in [0.29, 0.717) is 6.42 Å². The number of allylic oxidation sites excluding steroid dienone is 3. The van der Waals surface area contributed by atoms with Gasteiger partial charge in [-0.2, -0.15) is 0 Å². The summed E-state index contributed by atoms with van der Waals surface area (Å²) in [6.07, 6.45) is 7.18. The molecule has 3 rings (SSSR count). The predicted molar refractivity (Wildman–Crippen MR) is 126 cm³/mol. The maximum absolute atomic E-state index is 13.3. The van der Waals surface area contributed by atoms with Crippen molar-refractivity contribution < 1.29 is 23.9 Å². The summed E-state index contributed by atoms with van der Waals surface area (Å²) >= 11 is 0. The van der Waals surface area contributed by atoms with Crippen molar-refractivity contribution in [2.75, 3.05) is 6.61 Å². The van der Waals surface area contributed by atoms with Gasteiger partial charge in [-0.25, -0.2) is 0 Å². The van der Waals surface area contributed by atoms with Crippen LogP contribution >= 0.6 is 0 Å². The van der Waals surface area contributed by atoms with Crippen molar-refractivity contribution in [3.63, 3.8) is 0 Å². The van der Waals surface area contributed by atoms with Gasteiger partial charge in [0.15, 0.2) is 11.5 Å². The maximum Gasteiger partial charge on any atom is 0.222 e. The van der Waals surface area contributed by atoms with Crippen LogP contribution in [0.15, 0.2) is 83.6 Å². The highest BCUT2D eigenvalue weighted by atomic mass is 16.5. The Kier molecular flexibility index (Phi) is 8.64. The van der Waals surface area contributed by atoms with E-state index in [-0.39, 0.29) is 34.6 Å². The number of carbonyl (C=O) groups is 4. The van der Waals surface area contributed by atoms with Gasteiger partial charge < -0.3 is 4.74 Å². The molecule has 0 saturated carbocycles. The van der Waals surface area contributed by atoms with Crippen LogP contribution in [0.4, 0.5) is 0 Å². The molecule has 0 atom stereocenters. The number of ketones is 4. The molecule has 0 saturated heterocycles. The molecule has 1 aliphatic rings. The van der Waals surface area contributed by atoms with E-state index in [1.807, 2.05) is 0 Å². The highest BCUT2D eigenvalue weighted by Crippen LogP contribution is 2.26. The molecule has 0 amide bonds. The first-order chi connectivity index (χ1) is 16.0. The molecule has 0 N–H and O–H groups in total. The summed E-state index contributed by atoms with van der Waals surface area (Å²) in [6, 6.07) is 16.4. The fraction of sp³-hybridized carbons (Fsp3) is 0.286. The number of unbranched alkanes of at least 4 members (excludes halogenated alkanes) is 5. The Hall–Kier alpha value is -3.60. The van der Waals surface area contributed by atoms with Gasteiger partial charge in [0.05, 0.1) is 12.2 Å². The smallest absolute Gasteiger partial charge is 0.222 e. The topological polar surface area (TPSA) is 77.5 Å². The molecule has 0 radical (unpaired) electrons. The average Bonchev–Trinajstić information content (AvgIpc) is 2.85. The lowest BCUT2D eigenvalue weighted by Gasteiger charge is -2.18. The first-order valence-corrected chi connectivity index (χ1v) is 11.4. The van der Waals surface area contributed by atoms with E-state index in [1.165, 1.54) is 6.42 Å². The molecular formula is C28H28O5. The second-order valence-corrected chi connectivity index (χ2v) is 7.96. The van der Waals surface area contributed by atoms with E-state index in [0.717, 1.165) is 31.8 Å². The first kappa shape index (κ1) is 24.1. The standard InChI is InChI=1S/C28H28O5/c1-2-3-4-5-6-13-18-33-28-23(29)19-22(25(30)20-14-9-7-10-15-20)27(32)24(28)26(31)21-16-11-8-12-17-21/h7-12,14-17,19H,2-6,13,18H2,1H3. The van der Waals surface area contributed by atoms with E-state index in [9.17, 15) is 19.2 Å². The lowest BCUT2D eigenvalue weighted by Crippen LogP contribution is -2.29. The van der Waals surface area contributed by atoms with Crippen molar-refractivity contribution >= 4 is 23.1 Å². The minimum atomic E-state index is -0.782. The number of rotatable bonds is 12. The van der Waals surface area contributed by atoms with E-state index in [1.54, 1.807) is 60.7 Å². The van der Waals surface area contributed by atoms with Crippen LogP contribution in [-0.2, 0) is 14.3 Å². The molecule has 170 valence electrons. The summed E-state index contributed by atoms with van der Waals surface area (Å²) in [5, 5.41) is 0. The van der Waals surface area contributed by atoms with Crippen molar-refractivity contribution in [3.8, 4) is 0 Å². The molecule has 2 aromatic rings. The molecule has 1 aliphatic carbocycles. The molecule has 0 heterocycles. The highest BCUT2D eigenvalue weighted by molar-refractivity contribution is 6.44. The first-order valence-electron chi connectivity index (χ1n) is 11.4. The molecule has 33 heavy (non-hydrogen) atoms. The fourth-order valence-corrected chi connectivity index (χ4v) is 3.68. The average molecular weight is 445 g/mol. The Balaban J connectivity index is 1.86. The molecule has 0 bridgehead atoms. The van der Waals surface area contributed by atoms with Gasteiger partial charge in [-0.3, -0.25) is 19.2 Å². The minimum Gasteiger partial charge on any atom is -0.489 e. The second-order valence-electron chi connectivity index (χ2n) is 7.96. The van der Waals surface area contributed by atoms with Crippen LogP contribution in [0, 0.1) is 0 Å². The van der Waals surface area contributed by atoms with Gasteiger partial charge in [-0.05, 0) is 6.42 Å². The van der Waals surface area contributed by atoms with Crippen molar-refractivity contribution in [3.05, 3.63) is 94.8 Å². The van der Waals surface area contributed by atoms with Crippen molar-refractivity contribution in [1.82, 2.24) is 0 Å². The van der Waals surface area contributed by atoms with Crippen LogP contribution in [0.25, 0.3) is 0 Å². The van der Waals surface area contributed by atoms with Crippen LogP contribution in [0.5, 0.6) is 0 Å². The Morgan fingerprint density at radius 1 is 0.727 bits per heavy atom. The van der Waals surface area contributed by atoms with Gasteiger partial charge in [0.25, 0.3) is 0 Å². The molecule has 5 heteroatoms. The van der Waals surface area contributed by atoms with E-state index in [2.05, 4.69) is 6.92 Å². The molecule has 2 aromatic carbocycles. The van der Waals surface area contributed by atoms with Crippen molar-refractivity contribution in [2.24, 2.45) is 0 Å². The summed E-state index contributed by atoms with van der Waals surface area (Å²) in [4.78, 5) is 52.4. The Morgan fingerprint density at radius 2 is 1.27 bits per heavy atom. The fourth-order valence-electron chi connectivity index (χ4n) is 3.68. The lowest BCUT2D eigenvalue weighted by atomic mass is 9.85. The van der Waals surface area contributed by atoms with E-state index in [4.69, 9.17) is 4.74 Å². The van der Waals surface area contributed by atoms with Crippen LogP contribution in [0.2, 0.25) is 0 Å². The maximum atomic E-state index is 13.3. The summed E-state index contributed by atoms with van der Waals surface area (Å²) in [5.74, 6) is -2.91. The quantitative estimate of drug-likeness (QED) is 0.188. The van der Waals surface area contributed by atoms with Gasteiger partial charge in [-0.15, -0.1) is 0 Å². The molecule has 5 nitrogen and oxygen atoms in total. The zero-order chi connectivity index (χ0) is 23.6. The van der Waals surface area contributed by atoms with Gasteiger partial charge in [0.2, 0.25) is 17.3 Å². The number of benzene rings is 2. The summed E-state index contributed by atoms with van der Waals surface area (Å²) < 4.78 is 5.69. The largest absolute Gasteiger partial charge is 0.489 e. The lowest BCUT2D eigenvalue weighted by molar-refractivity contribution is -0.118. The monoisotopic (exact) mass is 444 g/mol. The third-order valence-corrected chi connectivity index (χ3v) is 5.49. The van der Waals surface area contributed by atoms with Crippen LogP contribution in [-0.4, -0.2) is 29.7 Å². The van der Waals surface area contributed by atoms with Gasteiger partial charge >= 0.3 is 0 Å². The SMILES string of the molecule is CCCCCCCCOC1=C(C(=O)c2ccccc2)C(=O)C(C(=O)c2ccccc2)=CC1=O. The van der Waals surface area contributed by atoms with Gasteiger partial charge in [0.1, 0.15) is 5.57 Å². The Labute approximate surface area is 194 Å². The third kappa shape index (κ3) is 6.01. The molecular weight excluding hydrogens is 416 g/mol. The highest BCUT2D eigenvalue weighted by Gasteiger charge is 2.37. The number of Topliss-reactive ketones (excluding diaryl/α,β-unsaturated/α-hetero) is 3. The summed E-state index contributed by atoms with van der Waals surface area (Å²) in [6.45, 7) is 2.37. The predicted octanol–water partition coefficient (Wildman–Crippen LogP) is 5.46. The second kappa shape index (κ2) is 11.9. The number of carbonyl (C=O) groups excluding carboxylic acids is 4. The van der Waals surface area contributed by atoms with Crippen molar-refractivity contribution in [2.45, 2.75) is 45.4 Å². The number of ether oxygens (including phenoxy) is 1. The molecule has 0 unspecified atom stereocenters. The molecule has 0 aliphatic heterocycles. The minimum absolute atomic E-state index is 0.224.